The number of aliphatic carboxylic acids is 1. The fourth-order valence-corrected chi connectivity index (χ4v) is 0.928. The fourth-order valence-electron chi connectivity index (χ4n) is 0.928. The Balaban J connectivity index is 3.78. The second-order valence-corrected chi connectivity index (χ2v) is 2.73. The van der Waals surface area contributed by atoms with Crippen LogP contribution in [0.15, 0.2) is 4.99 Å². The van der Waals surface area contributed by atoms with Crippen molar-refractivity contribution < 1.29 is 9.90 Å². The molecule has 0 heterocycles. The van der Waals surface area contributed by atoms with Gasteiger partial charge in [0.25, 0.3) is 0 Å². The molecule has 3 nitrogen and oxygen atoms in total. The van der Waals surface area contributed by atoms with Gasteiger partial charge in [-0.25, -0.2) is 0 Å². The lowest BCUT2D eigenvalue weighted by Crippen LogP contribution is -2.04. The van der Waals surface area contributed by atoms with E-state index in [4.69, 9.17) is 5.11 Å². The molecule has 0 saturated heterocycles. The Morgan fingerprint density at radius 3 is 2.50 bits per heavy atom. The number of aliphatic imine (C=N–C) groups is 1. The van der Waals surface area contributed by atoms with Crippen molar-refractivity contribution in [2.24, 2.45) is 4.99 Å². The monoisotopic (exact) mass is 171 g/mol. The van der Waals surface area contributed by atoms with Crippen LogP contribution < -0.4 is 0 Å². The van der Waals surface area contributed by atoms with Gasteiger partial charge in [-0.05, 0) is 19.3 Å². The van der Waals surface area contributed by atoms with Gasteiger partial charge < -0.3 is 5.11 Å². The molecule has 0 spiro atoms. The molecule has 70 valence electrons. The highest BCUT2D eigenvalue weighted by Crippen LogP contribution is 2.00. The molecule has 0 aliphatic carbocycles. The maximum atomic E-state index is 10.2. The molecule has 0 saturated carbocycles. The van der Waals surface area contributed by atoms with Crippen molar-refractivity contribution in [2.75, 3.05) is 6.54 Å². The molecule has 0 radical (unpaired) electrons. The summed E-state index contributed by atoms with van der Waals surface area (Å²) in [5.41, 5.74) is 1.03. The van der Waals surface area contributed by atoms with Crippen LogP contribution in [-0.2, 0) is 4.79 Å². The van der Waals surface area contributed by atoms with Crippen molar-refractivity contribution in [2.45, 2.75) is 39.5 Å². The van der Waals surface area contributed by atoms with Crippen LogP contribution in [-0.4, -0.2) is 23.3 Å². The number of unbranched alkanes of at least 4 members (excludes halogenated alkanes) is 1. The number of carboxylic acid groups (broad SMARTS) is 1. The van der Waals surface area contributed by atoms with Gasteiger partial charge in [-0.2, -0.15) is 0 Å². The minimum absolute atomic E-state index is 0.0765. The summed E-state index contributed by atoms with van der Waals surface area (Å²) in [5.74, 6) is -0.850. The second-order valence-electron chi connectivity index (χ2n) is 2.73. The summed E-state index contributed by atoms with van der Waals surface area (Å²) in [7, 11) is 0. The van der Waals surface area contributed by atoms with E-state index in [1.807, 2.05) is 6.92 Å². The molecule has 0 atom stereocenters. The molecular formula is C9H17NO2. The van der Waals surface area contributed by atoms with Crippen molar-refractivity contribution >= 4 is 11.7 Å². The van der Waals surface area contributed by atoms with Crippen molar-refractivity contribution in [3.05, 3.63) is 0 Å². The predicted octanol–water partition coefficient (Wildman–Crippen LogP) is 2.11. The van der Waals surface area contributed by atoms with Crippen LogP contribution in [0.1, 0.15) is 39.5 Å². The van der Waals surface area contributed by atoms with E-state index in [-0.39, 0.29) is 6.54 Å². The summed E-state index contributed by atoms with van der Waals surface area (Å²) in [4.78, 5) is 14.2. The van der Waals surface area contributed by atoms with Crippen molar-refractivity contribution in [3.63, 3.8) is 0 Å². The van der Waals surface area contributed by atoms with E-state index >= 15 is 0 Å². The first-order valence-electron chi connectivity index (χ1n) is 4.44. The van der Waals surface area contributed by atoms with Gasteiger partial charge in [-0.3, -0.25) is 9.79 Å². The smallest absolute Gasteiger partial charge is 0.325 e. The van der Waals surface area contributed by atoms with Crippen LogP contribution in [0.2, 0.25) is 0 Å². The minimum Gasteiger partial charge on any atom is -0.480 e. The van der Waals surface area contributed by atoms with E-state index in [0.29, 0.717) is 0 Å². The Bertz CT molecular complexity index is 164. The zero-order valence-corrected chi connectivity index (χ0v) is 7.84. The summed E-state index contributed by atoms with van der Waals surface area (Å²) >= 11 is 0. The van der Waals surface area contributed by atoms with Crippen molar-refractivity contribution in [3.8, 4) is 0 Å². The summed E-state index contributed by atoms with van der Waals surface area (Å²) < 4.78 is 0. The SMILES string of the molecule is CCCCC(CC)=NCC(=O)O. The Morgan fingerprint density at radius 1 is 1.42 bits per heavy atom. The summed E-state index contributed by atoms with van der Waals surface area (Å²) in [6.45, 7) is 4.05. The number of rotatable bonds is 6. The lowest BCUT2D eigenvalue weighted by molar-refractivity contribution is -0.135. The molecule has 0 aromatic rings. The van der Waals surface area contributed by atoms with Crippen LogP contribution in [0.4, 0.5) is 0 Å². The molecular weight excluding hydrogens is 154 g/mol. The maximum Gasteiger partial charge on any atom is 0.325 e. The predicted molar refractivity (Wildman–Crippen MR) is 49.8 cm³/mol. The molecule has 0 aromatic carbocycles. The quantitative estimate of drug-likeness (QED) is 0.622. The highest BCUT2D eigenvalue weighted by molar-refractivity contribution is 5.86. The Morgan fingerprint density at radius 2 is 2.08 bits per heavy atom. The van der Waals surface area contributed by atoms with Gasteiger partial charge in [-0.15, -0.1) is 0 Å². The summed E-state index contributed by atoms with van der Waals surface area (Å²) in [5, 5.41) is 8.38. The van der Waals surface area contributed by atoms with Gasteiger partial charge in [0.15, 0.2) is 0 Å². The highest BCUT2D eigenvalue weighted by atomic mass is 16.4. The zero-order chi connectivity index (χ0) is 9.40. The lowest BCUT2D eigenvalue weighted by atomic mass is 10.1. The maximum absolute atomic E-state index is 10.2. The third-order valence-corrected chi connectivity index (χ3v) is 1.66. The van der Waals surface area contributed by atoms with Gasteiger partial charge in [0, 0.05) is 5.71 Å². The zero-order valence-electron chi connectivity index (χ0n) is 7.84. The van der Waals surface area contributed by atoms with E-state index in [0.717, 1.165) is 31.4 Å². The lowest BCUT2D eigenvalue weighted by Gasteiger charge is -2.00. The largest absolute Gasteiger partial charge is 0.480 e. The summed E-state index contributed by atoms with van der Waals surface area (Å²) in [6.07, 6.45) is 4.05. The van der Waals surface area contributed by atoms with E-state index in [1.54, 1.807) is 0 Å². The Hall–Kier alpha value is -0.860. The molecule has 1 N–H and O–H groups in total. The van der Waals surface area contributed by atoms with Crippen LogP contribution in [0.3, 0.4) is 0 Å². The number of hydrogen-bond donors (Lipinski definition) is 1. The number of carbonyl (C=O) groups is 1. The molecule has 0 rings (SSSR count). The van der Waals surface area contributed by atoms with Gasteiger partial charge in [0.2, 0.25) is 0 Å². The first-order valence-corrected chi connectivity index (χ1v) is 4.44. The first-order chi connectivity index (χ1) is 5.70. The molecule has 0 bridgehead atoms. The highest BCUT2D eigenvalue weighted by Gasteiger charge is 1.97. The van der Waals surface area contributed by atoms with Crippen LogP contribution in [0.25, 0.3) is 0 Å². The van der Waals surface area contributed by atoms with Crippen LogP contribution >= 0.6 is 0 Å². The number of carboxylic acids is 1. The van der Waals surface area contributed by atoms with Gasteiger partial charge in [0.1, 0.15) is 6.54 Å². The molecule has 0 aliphatic rings. The van der Waals surface area contributed by atoms with E-state index in [2.05, 4.69) is 11.9 Å². The average molecular weight is 171 g/mol. The van der Waals surface area contributed by atoms with Gasteiger partial charge >= 0.3 is 5.97 Å². The third kappa shape index (κ3) is 5.89. The van der Waals surface area contributed by atoms with E-state index < -0.39 is 5.97 Å². The topological polar surface area (TPSA) is 49.7 Å². The van der Waals surface area contributed by atoms with Gasteiger partial charge in [-0.1, -0.05) is 20.3 Å². The van der Waals surface area contributed by atoms with Crippen molar-refractivity contribution in [1.29, 1.82) is 0 Å². The Labute approximate surface area is 73.5 Å². The number of nitrogens with zero attached hydrogens (tertiary/aromatic N) is 1. The molecule has 0 unspecified atom stereocenters. The molecule has 12 heavy (non-hydrogen) atoms. The van der Waals surface area contributed by atoms with E-state index in [1.165, 1.54) is 0 Å². The van der Waals surface area contributed by atoms with E-state index in [9.17, 15) is 4.79 Å². The van der Waals surface area contributed by atoms with Crippen molar-refractivity contribution in [1.82, 2.24) is 0 Å². The fraction of sp³-hybridized carbons (Fsp3) is 0.778. The molecule has 0 fully saturated rings. The molecule has 0 aromatic heterocycles. The molecule has 0 aliphatic heterocycles. The number of hydrogen-bond acceptors (Lipinski definition) is 2. The standard InChI is InChI=1S/C9H17NO2/c1-3-5-6-8(4-2)10-7-9(11)12/h3-7H2,1-2H3,(H,11,12). The first kappa shape index (κ1) is 11.1. The van der Waals surface area contributed by atoms with Crippen LogP contribution in [0.5, 0.6) is 0 Å². The average Bonchev–Trinajstić information content (AvgIpc) is 2.05. The Kier molecular flexibility index (Phi) is 6.34. The molecule has 0 amide bonds. The van der Waals surface area contributed by atoms with Crippen LogP contribution in [0, 0.1) is 0 Å². The molecule has 3 heteroatoms. The summed E-state index contributed by atoms with van der Waals surface area (Å²) in [6, 6.07) is 0. The minimum atomic E-state index is -0.850. The van der Waals surface area contributed by atoms with Gasteiger partial charge in [0.05, 0.1) is 0 Å². The third-order valence-electron chi connectivity index (χ3n) is 1.66. The normalized spacial score (nSPS) is 11.7. The second kappa shape index (κ2) is 6.83.